The van der Waals surface area contributed by atoms with E-state index in [1.54, 1.807) is 0 Å². The van der Waals surface area contributed by atoms with Crippen molar-refractivity contribution in [1.82, 2.24) is 0 Å². The Morgan fingerprint density at radius 3 is 1.00 bits per heavy atom. The van der Waals surface area contributed by atoms with E-state index < -0.39 is 0 Å². The van der Waals surface area contributed by atoms with Gasteiger partial charge in [0.25, 0.3) is 0 Å². The van der Waals surface area contributed by atoms with Crippen molar-refractivity contribution in [3.05, 3.63) is 84.0 Å². The Kier molecular flexibility index (Phi) is 4.95. The first-order valence-electron chi connectivity index (χ1n) is 14.3. The van der Waals surface area contributed by atoms with Crippen molar-refractivity contribution in [2.24, 2.45) is 47.3 Å². The lowest BCUT2D eigenvalue weighted by Gasteiger charge is -2.38. The minimum Gasteiger partial charge on any atom is -0.274 e. The van der Waals surface area contributed by atoms with Crippen molar-refractivity contribution in [3.63, 3.8) is 0 Å². The first kappa shape index (κ1) is 23.1. The van der Waals surface area contributed by atoms with Crippen LogP contribution in [0.1, 0.15) is 36.8 Å². The molecule has 2 saturated heterocycles. The number of carbonyl (C=O) groups excluding carboxylic acids is 4. The molecule has 6 aliphatic carbocycles. The molecule has 2 saturated carbocycles. The highest BCUT2D eigenvalue weighted by atomic mass is 16.2. The molecule has 2 aromatic rings. The number of hydrogen-bond acceptors (Lipinski definition) is 4. The third kappa shape index (κ3) is 3.27. The standard InChI is InChI=1S/C33H30N2O4/c36-30-26-20-5-6-21(8-7-20)27(26)31(37)34(30)24-13-1-18(2-14-24)17-19-3-15-25(16-4-19)35-32(38)28-22-9-10-23(12-11-22)29(28)33(35)39/h1-6,9-10,13-16,20-23,26-29H,7-8,11-12,17H2. The summed E-state index contributed by atoms with van der Waals surface area (Å²) in [6, 6.07) is 15.4. The van der Waals surface area contributed by atoms with E-state index in [9.17, 15) is 19.2 Å². The van der Waals surface area contributed by atoms with Gasteiger partial charge in [0.05, 0.1) is 35.0 Å². The molecule has 10 rings (SSSR count). The minimum atomic E-state index is -0.204. The Morgan fingerprint density at radius 1 is 0.462 bits per heavy atom. The predicted molar refractivity (Wildman–Crippen MR) is 145 cm³/mol. The van der Waals surface area contributed by atoms with E-state index in [0.717, 1.165) is 36.8 Å². The number of nitrogens with zero attached hydrogens (tertiary/aromatic N) is 2. The van der Waals surface area contributed by atoms with E-state index in [4.69, 9.17) is 0 Å². The average molecular weight is 519 g/mol. The number of fused-ring (bicyclic) bond motifs is 2. The second-order valence-corrected chi connectivity index (χ2v) is 12.2. The zero-order chi connectivity index (χ0) is 26.4. The summed E-state index contributed by atoms with van der Waals surface area (Å²) in [7, 11) is 0. The van der Waals surface area contributed by atoms with Crippen LogP contribution in [0.15, 0.2) is 72.8 Å². The van der Waals surface area contributed by atoms with Crippen molar-refractivity contribution in [2.75, 3.05) is 9.80 Å². The molecular formula is C33H30N2O4. The molecule has 4 fully saturated rings. The average Bonchev–Trinajstić information content (AvgIpc) is 3.43. The van der Waals surface area contributed by atoms with Gasteiger partial charge < -0.3 is 0 Å². The van der Waals surface area contributed by atoms with Crippen LogP contribution in [0.25, 0.3) is 0 Å². The smallest absolute Gasteiger partial charge is 0.238 e. The lowest BCUT2D eigenvalue weighted by atomic mass is 9.63. The van der Waals surface area contributed by atoms with Crippen LogP contribution in [0.5, 0.6) is 0 Å². The number of carbonyl (C=O) groups is 4. The van der Waals surface area contributed by atoms with Crippen LogP contribution in [-0.2, 0) is 25.6 Å². The lowest BCUT2D eigenvalue weighted by molar-refractivity contribution is -0.124. The van der Waals surface area contributed by atoms with Crippen LogP contribution in [-0.4, -0.2) is 23.6 Å². The Bertz CT molecular complexity index is 1300. The second-order valence-electron chi connectivity index (χ2n) is 12.2. The SMILES string of the molecule is O=C1C2C3C=CC(CC3)C2C(=O)N1c1ccc(Cc2ccc(N3C(=O)C4C5C=CC(CC5)C4C3=O)cc2)cc1. The maximum Gasteiger partial charge on any atom is 0.238 e. The molecule has 8 unspecified atom stereocenters. The third-order valence-corrected chi connectivity index (χ3v) is 10.3. The van der Waals surface area contributed by atoms with Crippen LogP contribution < -0.4 is 9.80 Å². The van der Waals surface area contributed by atoms with Gasteiger partial charge in [-0.2, -0.15) is 0 Å². The van der Waals surface area contributed by atoms with Gasteiger partial charge in [0.15, 0.2) is 0 Å². The number of hydrogen-bond donors (Lipinski definition) is 0. The molecule has 2 aromatic carbocycles. The van der Waals surface area contributed by atoms with Gasteiger partial charge in [-0.1, -0.05) is 48.6 Å². The van der Waals surface area contributed by atoms with Crippen molar-refractivity contribution in [2.45, 2.75) is 32.1 Å². The normalized spacial score (nSPS) is 35.8. The fourth-order valence-electron chi connectivity index (χ4n) is 8.42. The van der Waals surface area contributed by atoms with Crippen LogP contribution >= 0.6 is 0 Å². The second kappa shape index (κ2) is 8.35. The van der Waals surface area contributed by atoms with Gasteiger partial charge >= 0.3 is 0 Å². The summed E-state index contributed by atoms with van der Waals surface area (Å²) >= 11 is 0. The first-order valence-corrected chi connectivity index (χ1v) is 14.3. The number of benzene rings is 2. The molecule has 0 spiro atoms. The number of amides is 4. The minimum absolute atomic E-state index is 0.0537. The molecule has 0 N–H and O–H groups in total. The molecule has 6 nitrogen and oxygen atoms in total. The quantitative estimate of drug-likeness (QED) is 0.435. The molecule has 0 aromatic heterocycles. The number of imide groups is 2. The molecule has 39 heavy (non-hydrogen) atoms. The molecule has 0 radical (unpaired) electrons. The molecule has 196 valence electrons. The summed E-state index contributed by atoms with van der Waals surface area (Å²) in [4.78, 5) is 55.8. The van der Waals surface area contributed by atoms with Gasteiger partial charge in [-0.05, 0) is 91.2 Å². The van der Waals surface area contributed by atoms with Crippen LogP contribution in [0, 0.1) is 47.3 Å². The van der Waals surface area contributed by atoms with E-state index in [2.05, 4.69) is 24.3 Å². The van der Waals surface area contributed by atoms with Gasteiger partial charge in [0.1, 0.15) is 0 Å². The van der Waals surface area contributed by atoms with Gasteiger partial charge in [0.2, 0.25) is 23.6 Å². The Hall–Kier alpha value is -3.80. The maximum atomic E-state index is 13.2. The topological polar surface area (TPSA) is 74.8 Å². The lowest BCUT2D eigenvalue weighted by Crippen LogP contribution is -2.38. The van der Waals surface area contributed by atoms with E-state index in [0.29, 0.717) is 17.8 Å². The third-order valence-electron chi connectivity index (χ3n) is 10.3. The molecule has 8 aliphatic rings. The fourth-order valence-corrected chi connectivity index (χ4v) is 8.42. The summed E-state index contributed by atoms with van der Waals surface area (Å²) in [5.74, 6) is -0.289. The first-order chi connectivity index (χ1) is 19.0. The van der Waals surface area contributed by atoms with Crippen LogP contribution in [0.4, 0.5) is 11.4 Å². The van der Waals surface area contributed by atoms with E-state index in [1.807, 2.05) is 48.5 Å². The van der Waals surface area contributed by atoms with E-state index in [-0.39, 0.29) is 71.0 Å². The van der Waals surface area contributed by atoms with E-state index in [1.165, 1.54) is 9.80 Å². The van der Waals surface area contributed by atoms with Crippen LogP contribution in [0.2, 0.25) is 0 Å². The zero-order valence-electron chi connectivity index (χ0n) is 21.6. The van der Waals surface area contributed by atoms with Crippen molar-refractivity contribution >= 4 is 35.0 Å². The molecule has 2 heterocycles. The number of anilines is 2. The maximum absolute atomic E-state index is 13.2. The monoisotopic (exact) mass is 518 g/mol. The summed E-state index contributed by atoms with van der Waals surface area (Å²) in [5, 5.41) is 0. The Morgan fingerprint density at radius 2 is 0.744 bits per heavy atom. The van der Waals surface area contributed by atoms with Crippen molar-refractivity contribution in [1.29, 1.82) is 0 Å². The largest absolute Gasteiger partial charge is 0.274 e. The molecule has 6 heteroatoms. The van der Waals surface area contributed by atoms with Gasteiger partial charge in [0, 0.05) is 0 Å². The van der Waals surface area contributed by atoms with Gasteiger partial charge in [-0.25, -0.2) is 0 Å². The Labute approximate surface area is 227 Å². The number of rotatable bonds is 4. The summed E-state index contributed by atoms with van der Waals surface area (Å²) < 4.78 is 0. The van der Waals surface area contributed by atoms with E-state index >= 15 is 0 Å². The highest BCUT2D eigenvalue weighted by Gasteiger charge is 2.58. The highest BCUT2D eigenvalue weighted by molar-refractivity contribution is 6.23. The predicted octanol–water partition coefficient (Wildman–Crippen LogP) is 4.68. The molecular weight excluding hydrogens is 488 g/mol. The van der Waals surface area contributed by atoms with Gasteiger partial charge in [-0.15, -0.1) is 0 Å². The van der Waals surface area contributed by atoms with Crippen molar-refractivity contribution in [3.8, 4) is 0 Å². The molecule has 8 atom stereocenters. The molecule has 4 bridgehead atoms. The fraction of sp³-hybridized carbons (Fsp3) is 0.394. The highest BCUT2D eigenvalue weighted by Crippen LogP contribution is 2.51. The number of allylic oxidation sites excluding steroid dienone is 4. The van der Waals surface area contributed by atoms with Crippen molar-refractivity contribution < 1.29 is 19.2 Å². The summed E-state index contributed by atoms with van der Waals surface area (Å²) in [6.45, 7) is 0. The molecule has 2 aliphatic heterocycles. The van der Waals surface area contributed by atoms with Gasteiger partial charge in [-0.3, -0.25) is 29.0 Å². The summed E-state index contributed by atoms with van der Waals surface area (Å²) in [5.41, 5.74) is 3.42. The van der Waals surface area contributed by atoms with Crippen LogP contribution in [0.3, 0.4) is 0 Å². The Balaban J connectivity index is 0.975. The summed E-state index contributed by atoms with van der Waals surface area (Å²) in [6.07, 6.45) is 13.2. The zero-order valence-corrected chi connectivity index (χ0v) is 21.6. The molecule has 4 amide bonds.